The smallest absolute Gasteiger partial charge is 0.295 e. The molecule has 6 atom stereocenters. The molecular formula is C23H35NO. The van der Waals surface area contributed by atoms with Gasteiger partial charge in [-0.15, -0.1) is 6.42 Å². The molecule has 2 nitrogen and oxygen atoms in total. The Morgan fingerprint density at radius 1 is 1.28 bits per heavy atom. The lowest BCUT2D eigenvalue weighted by molar-refractivity contribution is -0.120. The van der Waals surface area contributed by atoms with Crippen molar-refractivity contribution in [2.75, 3.05) is 7.05 Å². The predicted octanol–water partition coefficient (Wildman–Crippen LogP) is 4.95. The summed E-state index contributed by atoms with van der Waals surface area (Å²) in [4.78, 5) is 9.83. The average Bonchev–Trinajstić information content (AvgIpc) is 2.83. The number of allylic oxidation sites excluding steroid dienone is 1. The minimum absolute atomic E-state index is 0.380. The molecular weight excluding hydrogens is 306 g/mol. The number of carbonyl (C=O) groups excluding carboxylic acids is 1. The maximum absolute atomic E-state index is 9.83. The summed E-state index contributed by atoms with van der Waals surface area (Å²) in [5.41, 5.74) is 2.99. The molecule has 5 unspecified atom stereocenters. The highest BCUT2D eigenvalue weighted by molar-refractivity contribution is 5.92. The molecule has 1 spiro atoms. The van der Waals surface area contributed by atoms with Crippen LogP contribution in [0.15, 0.2) is 12.2 Å². The van der Waals surface area contributed by atoms with Crippen LogP contribution in [0, 0.1) is 46.8 Å². The number of fused-ring (bicyclic) bond motifs is 3. The van der Waals surface area contributed by atoms with Crippen molar-refractivity contribution in [2.24, 2.45) is 34.5 Å². The third kappa shape index (κ3) is 3.05. The summed E-state index contributed by atoms with van der Waals surface area (Å²) in [6.07, 6.45) is 18.0. The Morgan fingerprint density at radius 2 is 2.04 bits per heavy atom. The van der Waals surface area contributed by atoms with Crippen molar-refractivity contribution in [3.8, 4) is 12.3 Å². The van der Waals surface area contributed by atoms with Gasteiger partial charge in [0.2, 0.25) is 0 Å². The van der Waals surface area contributed by atoms with Crippen molar-refractivity contribution in [1.29, 1.82) is 0 Å². The van der Waals surface area contributed by atoms with Crippen molar-refractivity contribution >= 4 is 5.91 Å². The van der Waals surface area contributed by atoms with E-state index >= 15 is 0 Å². The van der Waals surface area contributed by atoms with Crippen LogP contribution in [0.2, 0.25) is 0 Å². The van der Waals surface area contributed by atoms with Gasteiger partial charge in [0.15, 0.2) is 0 Å². The van der Waals surface area contributed by atoms with Gasteiger partial charge in [-0.2, -0.15) is 0 Å². The molecule has 25 heavy (non-hydrogen) atoms. The molecule has 0 radical (unpaired) electrons. The van der Waals surface area contributed by atoms with Crippen molar-refractivity contribution in [2.45, 2.75) is 71.6 Å². The number of amides is 1. The van der Waals surface area contributed by atoms with Crippen LogP contribution in [-0.2, 0) is 4.79 Å². The van der Waals surface area contributed by atoms with Crippen molar-refractivity contribution in [3.05, 3.63) is 12.2 Å². The third-order valence-corrected chi connectivity index (χ3v) is 8.37. The van der Waals surface area contributed by atoms with Crippen LogP contribution in [0.25, 0.3) is 0 Å². The molecule has 0 aromatic carbocycles. The summed E-state index contributed by atoms with van der Waals surface area (Å²) in [7, 11) is 1.49. The van der Waals surface area contributed by atoms with E-state index in [9.17, 15) is 4.79 Å². The van der Waals surface area contributed by atoms with Gasteiger partial charge >= 0.3 is 0 Å². The topological polar surface area (TPSA) is 29.1 Å². The summed E-state index contributed by atoms with van der Waals surface area (Å²) in [5, 5.41) is 2.24. The molecule has 4 aliphatic carbocycles. The lowest BCUT2D eigenvalue weighted by atomic mass is 9.43. The minimum atomic E-state index is -0.380. The number of hydrogen-bond acceptors (Lipinski definition) is 1. The molecule has 138 valence electrons. The standard InChI is InChI=1S/C19H30.C4H5NO/c1-13-5-4-9-18(3)16(13)8-10-19-11-14(2)15(12-19)6-7-17(18)19;1-3-4(6)5-2/h13,15-17H,2,4-12H2,1,3H3;1H,2H3,(H,5,6)/t13?,15?,16?,17?,18-,19?;/m1./s1. The predicted molar refractivity (Wildman–Crippen MR) is 104 cm³/mol. The van der Waals surface area contributed by atoms with Gasteiger partial charge in [0.25, 0.3) is 5.91 Å². The van der Waals surface area contributed by atoms with Gasteiger partial charge < -0.3 is 5.32 Å². The molecule has 1 N–H and O–H groups in total. The molecule has 0 saturated heterocycles. The van der Waals surface area contributed by atoms with Crippen molar-refractivity contribution in [1.82, 2.24) is 5.32 Å². The number of terminal acetylenes is 1. The lowest BCUT2D eigenvalue weighted by Crippen LogP contribution is -2.53. The molecule has 1 amide bonds. The van der Waals surface area contributed by atoms with Crippen LogP contribution >= 0.6 is 0 Å². The largest absolute Gasteiger partial charge is 0.348 e. The highest BCUT2D eigenvalue weighted by Crippen LogP contribution is 2.70. The number of nitrogens with one attached hydrogen (secondary N) is 1. The lowest BCUT2D eigenvalue weighted by Gasteiger charge is -2.61. The summed E-state index contributed by atoms with van der Waals surface area (Å²) < 4.78 is 0. The van der Waals surface area contributed by atoms with Gasteiger partial charge in [0, 0.05) is 7.05 Å². The van der Waals surface area contributed by atoms with Gasteiger partial charge in [-0.05, 0) is 85.4 Å². The molecule has 4 aliphatic rings. The minimum Gasteiger partial charge on any atom is -0.348 e. The fraction of sp³-hybridized carbons (Fsp3) is 0.783. The first-order valence-electron chi connectivity index (χ1n) is 10.2. The molecule has 0 aromatic heterocycles. The highest BCUT2D eigenvalue weighted by atomic mass is 16.1. The monoisotopic (exact) mass is 341 g/mol. The Kier molecular flexibility index (Phi) is 5.06. The van der Waals surface area contributed by atoms with Crippen molar-refractivity contribution in [3.63, 3.8) is 0 Å². The third-order valence-electron chi connectivity index (χ3n) is 8.37. The highest BCUT2D eigenvalue weighted by Gasteiger charge is 2.61. The fourth-order valence-electron chi connectivity index (χ4n) is 7.35. The van der Waals surface area contributed by atoms with E-state index in [0.29, 0.717) is 10.8 Å². The van der Waals surface area contributed by atoms with Gasteiger partial charge in [0.1, 0.15) is 0 Å². The van der Waals surface area contributed by atoms with Crippen molar-refractivity contribution < 1.29 is 4.79 Å². The van der Waals surface area contributed by atoms with Gasteiger partial charge in [-0.25, -0.2) is 0 Å². The Morgan fingerprint density at radius 3 is 2.68 bits per heavy atom. The summed E-state index contributed by atoms with van der Waals surface area (Å²) in [6, 6.07) is 0. The quantitative estimate of drug-likeness (QED) is 0.490. The summed E-state index contributed by atoms with van der Waals surface area (Å²) in [5.74, 6) is 5.42. The zero-order valence-corrected chi connectivity index (χ0v) is 16.4. The van der Waals surface area contributed by atoms with E-state index in [1.165, 1.54) is 64.8 Å². The first-order chi connectivity index (χ1) is 11.9. The van der Waals surface area contributed by atoms with E-state index in [4.69, 9.17) is 0 Å². The first-order valence-corrected chi connectivity index (χ1v) is 10.2. The number of hydrogen-bond donors (Lipinski definition) is 1. The zero-order valence-electron chi connectivity index (χ0n) is 16.4. The van der Waals surface area contributed by atoms with Crippen LogP contribution in [0.5, 0.6) is 0 Å². The van der Waals surface area contributed by atoms with E-state index in [2.05, 4.69) is 32.2 Å². The van der Waals surface area contributed by atoms with Gasteiger partial charge in [-0.1, -0.05) is 38.8 Å². The second-order valence-electron chi connectivity index (χ2n) is 9.47. The molecule has 0 aromatic rings. The maximum Gasteiger partial charge on any atom is 0.295 e. The first kappa shape index (κ1) is 18.6. The molecule has 0 heterocycles. The number of rotatable bonds is 0. The Hall–Kier alpha value is -1.23. The van der Waals surface area contributed by atoms with E-state index < -0.39 is 0 Å². The van der Waals surface area contributed by atoms with E-state index in [1.807, 2.05) is 5.92 Å². The molecule has 4 saturated carbocycles. The number of carbonyl (C=O) groups is 1. The maximum atomic E-state index is 9.83. The summed E-state index contributed by atoms with van der Waals surface area (Å²) >= 11 is 0. The summed E-state index contributed by atoms with van der Waals surface area (Å²) in [6.45, 7) is 9.65. The Labute approximate surface area is 154 Å². The van der Waals surface area contributed by atoms with Crippen LogP contribution in [0.4, 0.5) is 0 Å². The molecule has 0 aliphatic heterocycles. The molecule has 4 fully saturated rings. The second-order valence-corrected chi connectivity index (χ2v) is 9.47. The zero-order chi connectivity index (χ0) is 18.2. The molecule has 2 bridgehead atoms. The Bertz CT molecular complexity index is 587. The molecule has 2 heteroatoms. The van der Waals surface area contributed by atoms with E-state index in [1.54, 1.807) is 5.57 Å². The second kappa shape index (κ2) is 6.82. The van der Waals surface area contributed by atoms with Crippen LogP contribution in [0.3, 0.4) is 0 Å². The van der Waals surface area contributed by atoms with Gasteiger partial charge in [-0.3, -0.25) is 4.79 Å². The fourth-order valence-corrected chi connectivity index (χ4v) is 7.35. The SMILES string of the molecule is C#CC(=O)NC.C=C1CC23CCC4C(C)CCC[C@@]4(C)C2CCC1C3. The van der Waals surface area contributed by atoms with E-state index in [-0.39, 0.29) is 5.91 Å². The van der Waals surface area contributed by atoms with E-state index in [0.717, 1.165) is 23.7 Å². The Balaban J connectivity index is 0.000000265. The van der Waals surface area contributed by atoms with Crippen LogP contribution in [0.1, 0.15) is 71.6 Å². The molecule has 4 rings (SSSR count). The normalized spacial score (nSPS) is 44.5. The van der Waals surface area contributed by atoms with Crippen LogP contribution < -0.4 is 5.32 Å². The van der Waals surface area contributed by atoms with Gasteiger partial charge in [0.05, 0.1) is 0 Å². The van der Waals surface area contributed by atoms with Crippen LogP contribution in [-0.4, -0.2) is 13.0 Å². The average molecular weight is 342 g/mol.